The third-order valence-corrected chi connectivity index (χ3v) is 3.24. The van der Waals surface area contributed by atoms with E-state index in [2.05, 4.69) is 26.1 Å². The van der Waals surface area contributed by atoms with Crippen LogP contribution in [0.2, 0.25) is 0 Å². The fourth-order valence-corrected chi connectivity index (χ4v) is 2.27. The maximum Gasteiger partial charge on any atom is 0.243 e. The van der Waals surface area contributed by atoms with E-state index in [1.807, 2.05) is 19.1 Å². The maximum atomic E-state index is 5.61. The van der Waals surface area contributed by atoms with Crippen LogP contribution in [0.3, 0.4) is 0 Å². The van der Waals surface area contributed by atoms with Crippen molar-refractivity contribution in [3.8, 4) is 10.7 Å². The fourth-order valence-electron chi connectivity index (χ4n) is 0.955. The lowest BCUT2D eigenvalue weighted by Crippen LogP contribution is -2.04. The van der Waals surface area contributed by atoms with Crippen LogP contribution in [0.25, 0.3) is 10.7 Å². The maximum absolute atomic E-state index is 5.61. The molecule has 0 radical (unpaired) electrons. The normalized spacial score (nSPS) is 13.1. The topological polar surface area (TPSA) is 64.9 Å². The van der Waals surface area contributed by atoms with Crippen molar-refractivity contribution in [1.82, 2.24) is 10.1 Å². The third-order valence-electron chi connectivity index (χ3n) is 1.62. The zero-order valence-corrected chi connectivity index (χ0v) is 9.80. The summed E-state index contributed by atoms with van der Waals surface area (Å²) in [4.78, 5) is 5.15. The zero-order chi connectivity index (χ0) is 10.1. The predicted octanol–water partition coefficient (Wildman–Crippen LogP) is 2.58. The highest BCUT2D eigenvalue weighted by molar-refractivity contribution is 9.11. The first kappa shape index (κ1) is 9.82. The number of halogens is 1. The van der Waals surface area contributed by atoms with E-state index in [0.717, 1.165) is 8.66 Å². The Morgan fingerprint density at radius 2 is 2.36 bits per heavy atom. The van der Waals surface area contributed by atoms with E-state index in [4.69, 9.17) is 10.3 Å². The van der Waals surface area contributed by atoms with Gasteiger partial charge >= 0.3 is 0 Å². The molecule has 0 aliphatic rings. The Labute approximate surface area is 93.3 Å². The second-order valence-electron chi connectivity index (χ2n) is 2.85. The zero-order valence-electron chi connectivity index (χ0n) is 7.40. The molecule has 0 fully saturated rings. The lowest BCUT2D eigenvalue weighted by Gasteiger charge is -1.92. The summed E-state index contributed by atoms with van der Waals surface area (Å²) in [6.45, 7) is 1.81. The first-order chi connectivity index (χ1) is 6.66. The SMILES string of the molecule is C[C@H](N)c1nc(-c2ccc(Br)s2)no1. The molecule has 74 valence electrons. The number of hydrogen-bond acceptors (Lipinski definition) is 5. The van der Waals surface area contributed by atoms with Gasteiger partial charge in [0.05, 0.1) is 14.7 Å². The number of hydrogen-bond donors (Lipinski definition) is 1. The van der Waals surface area contributed by atoms with Crippen molar-refractivity contribution < 1.29 is 4.52 Å². The molecule has 0 bridgehead atoms. The molecule has 0 spiro atoms. The van der Waals surface area contributed by atoms with Crippen molar-refractivity contribution in [2.24, 2.45) is 5.73 Å². The van der Waals surface area contributed by atoms with Gasteiger partial charge in [0.15, 0.2) is 0 Å². The van der Waals surface area contributed by atoms with Crippen molar-refractivity contribution in [3.05, 3.63) is 21.8 Å². The van der Waals surface area contributed by atoms with Gasteiger partial charge in [0.1, 0.15) is 0 Å². The van der Waals surface area contributed by atoms with E-state index in [0.29, 0.717) is 11.7 Å². The van der Waals surface area contributed by atoms with Gasteiger partial charge in [-0.05, 0) is 35.0 Å². The van der Waals surface area contributed by atoms with Crippen LogP contribution >= 0.6 is 27.3 Å². The quantitative estimate of drug-likeness (QED) is 0.914. The van der Waals surface area contributed by atoms with Crippen LogP contribution in [0.4, 0.5) is 0 Å². The molecule has 0 aromatic carbocycles. The van der Waals surface area contributed by atoms with Gasteiger partial charge in [-0.15, -0.1) is 11.3 Å². The van der Waals surface area contributed by atoms with E-state index in [-0.39, 0.29) is 6.04 Å². The lowest BCUT2D eigenvalue weighted by molar-refractivity contribution is 0.362. The second kappa shape index (κ2) is 3.80. The summed E-state index contributed by atoms with van der Waals surface area (Å²) in [5.74, 6) is 1.05. The Kier molecular flexibility index (Phi) is 2.66. The number of thiophene rings is 1. The molecule has 0 saturated carbocycles. The molecule has 2 aromatic heterocycles. The van der Waals surface area contributed by atoms with Crippen LogP contribution in [0.5, 0.6) is 0 Å². The molecular formula is C8H8BrN3OS. The molecule has 2 heterocycles. The van der Waals surface area contributed by atoms with Crippen LogP contribution < -0.4 is 5.73 Å². The molecule has 0 saturated heterocycles. The Morgan fingerprint density at radius 1 is 1.57 bits per heavy atom. The molecule has 0 amide bonds. The molecule has 0 aliphatic heterocycles. The lowest BCUT2D eigenvalue weighted by atomic mass is 10.4. The molecule has 6 heteroatoms. The molecule has 0 unspecified atom stereocenters. The first-order valence-corrected chi connectivity index (χ1v) is 5.62. The van der Waals surface area contributed by atoms with Crippen LogP contribution in [0.15, 0.2) is 20.4 Å². The first-order valence-electron chi connectivity index (χ1n) is 4.01. The van der Waals surface area contributed by atoms with E-state index in [1.165, 1.54) is 0 Å². The summed E-state index contributed by atoms with van der Waals surface area (Å²) in [5.41, 5.74) is 5.61. The minimum absolute atomic E-state index is 0.223. The van der Waals surface area contributed by atoms with E-state index in [9.17, 15) is 0 Å². The molecular weight excluding hydrogens is 266 g/mol. The number of aromatic nitrogens is 2. The van der Waals surface area contributed by atoms with Crippen LogP contribution in [-0.4, -0.2) is 10.1 Å². The van der Waals surface area contributed by atoms with Gasteiger partial charge in [0.2, 0.25) is 11.7 Å². The summed E-state index contributed by atoms with van der Waals surface area (Å²) >= 11 is 4.93. The molecule has 2 aromatic rings. The Morgan fingerprint density at radius 3 is 2.86 bits per heavy atom. The predicted molar refractivity (Wildman–Crippen MR) is 57.9 cm³/mol. The second-order valence-corrected chi connectivity index (χ2v) is 5.31. The summed E-state index contributed by atoms with van der Waals surface area (Å²) < 4.78 is 6.04. The summed E-state index contributed by atoms with van der Waals surface area (Å²) in [6.07, 6.45) is 0. The Hall–Kier alpha value is -0.720. The van der Waals surface area contributed by atoms with Gasteiger partial charge in [-0.25, -0.2) is 0 Å². The minimum Gasteiger partial charge on any atom is -0.337 e. The van der Waals surface area contributed by atoms with E-state index >= 15 is 0 Å². The van der Waals surface area contributed by atoms with Gasteiger partial charge in [-0.2, -0.15) is 4.98 Å². The standard InChI is InChI=1S/C8H8BrN3OS/c1-4(10)8-11-7(12-13-8)5-2-3-6(9)14-5/h2-4H,10H2,1H3/t4-/m0/s1. The number of nitrogens with zero attached hydrogens (tertiary/aromatic N) is 2. The van der Waals surface area contributed by atoms with Crippen molar-refractivity contribution in [2.45, 2.75) is 13.0 Å². The average molecular weight is 274 g/mol. The minimum atomic E-state index is -0.223. The monoisotopic (exact) mass is 273 g/mol. The molecule has 2 N–H and O–H groups in total. The van der Waals surface area contributed by atoms with Crippen LogP contribution in [0.1, 0.15) is 18.9 Å². The van der Waals surface area contributed by atoms with E-state index in [1.54, 1.807) is 11.3 Å². The largest absolute Gasteiger partial charge is 0.337 e. The van der Waals surface area contributed by atoms with Gasteiger partial charge in [0.25, 0.3) is 0 Å². The fraction of sp³-hybridized carbons (Fsp3) is 0.250. The van der Waals surface area contributed by atoms with E-state index < -0.39 is 0 Å². The smallest absolute Gasteiger partial charge is 0.243 e. The highest BCUT2D eigenvalue weighted by Gasteiger charge is 2.12. The molecule has 4 nitrogen and oxygen atoms in total. The highest BCUT2D eigenvalue weighted by Crippen LogP contribution is 2.29. The van der Waals surface area contributed by atoms with Gasteiger partial charge in [-0.3, -0.25) is 0 Å². The third kappa shape index (κ3) is 1.87. The van der Waals surface area contributed by atoms with Gasteiger partial charge in [-0.1, -0.05) is 5.16 Å². The van der Waals surface area contributed by atoms with Crippen LogP contribution in [0, 0.1) is 0 Å². The van der Waals surface area contributed by atoms with Crippen LogP contribution in [-0.2, 0) is 0 Å². The van der Waals surface area contributed by atoms with Crippen molar-refractivity contribution >= 4 is 27.3 Å². The van der Waals surface area contributed by atoms with Gasteiger partial charge in [0, 0.05) is 0 Å². The Bertz CT molecular complexity index is 437. The summed E-state index contributed by atoms with van der Waals surface area (Å²) in [5, 5.41) is 3.84. The Balaban J connectivity index is 2.33. The molecule has 14 heavy (non-hydrogen) atoms. The molecule has 0 aliphatic carbocycles. The number of rotatable bonds is 2. The van der Waals surface area contributed by atoms with Crippen molar-refractivity contribution in [3.63, 3.8) is 0 Å². The molecule has 1 atom stereocenters. The molecule has 2 rings (SSSR count). The summed E-state index contributed by atoms with van der Waals surface area (Å²) in [7, 11) is 0. The van der Waals surface area contributed by atoms with Crippen molar-refractivity contribution in [1.29, 1.82) is 0 Å². The summed E-state index contributed by atoms with van der Waals surface area (Å²) in [6, 6.07) is 3.66. The average Bonchev–Trinajstić information content (AvgIpc) is 2.70. The highest BCUT2D eigenvalue weighted by atomic mass is 79.9. The number of nitrogens with two attached hydrogens (primary N) is 1. The van der Waals surface area contributed by atoms with Gasteiger partial charge < -0.3 is 10.3 Å². The van der Waals surface area contributed by atoms with Crippen molar-refractivity contribution in [2.75, 3.05) is 0 Å².